The zero-order valence-electron chi connectivity index (χ0n) is 10.8. The average molecular weight is 256 g/mol. The van der Waals surface area contributed by atoms with Gasteiger partial charge in [-0.1, -0.05) is 30.3 Å². The van der Waals surface area contributed by atoms with E-state index in [0.717, 1.165) is 5.56 Å². The van der Waals surface area contributed by atoms with E-state index in [2.05, 4.69) is 20.6 Å². The first-order valence-corrected chi connectivity index (χ1v) is 6.08. The SMILES string of the molecule is Cc1nccc(NCC(=O)NCc2ccccc2)n1. The van der Waals surface area contributed by atoms with Crippen LogP contribution in [0.25, 0.3) is 0 Å². The Balaban J connectivity index is 1.76. The summed E-state index contributed by atoms with van der Waals surface area (Å²) in [5.74, 6) is 1.26. The molecule has 0 aliphatic heterocycles. The van der Waals surface area contributed by atoms with Crippen molar-refractivity contribution < 1.29 is 4.79 Å². The van der Waals surface area contributed by atoms with Crippen LogP contribution in [0.3, 0.4) is 0 Å². The number of carbonyl (C=O) groups excluding carboxylic acids is 1. The van der Waals surface area contributed by atoms with Crippen molar-refractivity contribution in [1.82, 2.24) is 15.3 Å². The van der Waals surface area contributed by atoms with E-state index in [1.165, 1.54) is 0 Å². The highest BCUT2D eigenvalue weighted by Crippen LogP contribution is 2.00. The van der Waals surface area contributed by atoms with Crippen LogP contribution in [0.5, 0.6) is 0 Å². The largest absolute Gasteiger partial charge is 0.361 e. The summed E-state index contributed by atoms with van der Waals surface area (Å²) >= 11 is 0. The topological polar surface area (TPSA) is 66.9 Å². The van der Waals surface area contributed by atoms with Gasteiger partial charge in [0.25, 0.3) is 0 Å². The first-order valence-electron chi connectivity index (χ1n) is 6.08. The lowest BCUT2D eigenvalue weighted by Gasteiger charge is -2.07. The number of hydrogen-bond acceptors (Lipinski definition) is 4. The second-order valence-electron chi connectivity index (χ2n) is 4.10. The van der Waals surface area contributed by atoms with Crippen LogP contribution in [0.4, 0.5) is 5.82 Å². The Morgan fingerprint density at radius 2 is 2.00 bits per heavy atom. The van der Waals surface area contributed by atoms with Crippen molar-refractivity contribution >= 4 is 11.7 Å². The maximum Gasteiger partial charge on any atom is 0.239 e. The van der Waals surface area contributed by atoms with Crippen molar-refractivity contribution in [2.45, 2.75) is 13.5 Å². The fraction of sp³-hybridized carbons (Fsp3) is 0.214. The third-order valence-corrected chi connectivity index (χ3v) is 2.54. The molecule has 2 rings (SSSR count). The predicted octanol–water partition coefficient (Wildman–Crippen LogP) is 1.51. The highest BCUT2D eigenvalue weighted by atomic mass is 16.1. The zero-order valence-corrected chi connectivity index (χ0v) is 10.8. The molecule has 1 aromatic carbocycles. The molecule has 0 saturated heterocycles. The lowest BCUT2D eigenvalue weighted by atomic mass is 10.2. The van der Waals surface area contributed by atoms with Gasteiger partial charge in [-0.2, -0.15) is 0 Å². The van der Waals surface area contributed by atoms with Gasteiger partial charge in [0.05, 0.1) is 6.54 Å². The Labute approximate surface area is 112 Å². The molecule has 0 aliphatic carbocycles. The van der Waals surface area contributed by atoms with Crippen LogP contribution in [0, 0.1) is 6.92 Å². The van der Waals surface area contributed by atoms with Crippen LogP contribution >= 0.6 is 0 Å². The molecule has 0 bridgehead atoms. The highest BCUT2D eigenvalue weighted by Gasteiger charge is 2.02. The van der Waals surface area contributed by atoms with Gasteiger partial charge in [-0.05, 0) is 18.6 Å². The second kappa shape index (κ2) is 6.49. The third kappa shape index (κ3) is 4.39. The number of hydrogen-bond donors (Lipinski definition) is 2. The summed E-state index contributed by atoms with van der Waals surface area (Å²) in [6.45, 7) is 2.54. The number of anilines is 1. The van der Waals surface area contributed by atoms with Gasteiger partial charge in [0.15, 0.2) is 0 Å². The van der Waals surface area contributed by atoms with Crippen molar-refractivity contribution in [1.29, 1.82) is 0 Å². The molecule has 19 heavy (non-hydrogen) atoms. The van der Waals surface area contributed by atoms with E-state index in [1.807, 2.05) is 30.3 Å². The lowest BCUT2D eigenvalue weighted by molar-refractivity contribution is -0.119. The van der Waals surface area contributed by atoms with Gasteiger partial charge in [0, 0.05) is 12.7 Å². The monoisotopic (exact) mass is 256 g/mol. The Bertz CT molecular complexity index is 542. The van der Waals surface area contributed by atoms with E-state index in [9.17, 15) is 4.79 Å². The molecule has 0 spiro atoms. The molecule has 1 aromatic heterocycles. The molecule has 0 atom stereocenters. The molecule has 0 fully saturated rings. The minimum Gasteiger partial charge on any atom is -0.361 e. The fourth-order valence-electron chi connectivity index (χ4n) is 1.58. The molecule has 98 valence electrons. The number of nitrogens with zero attached hydrogens (tertiary/aromatic N) is 2. The summed E-state index contributed by atoms with van der Waals surface area (Å²) in [7, 11) is 0. The Kier molecular flexibility index (Phi) is 4.44. The Hall–Kier alpha value is -2.43. The molecular formula is C14H16N4O. The summed E-state index contributed by atoms with van der Waals surface area (Å²) in [5, 5.41) is 5.80. The number of aryl methyl sites for hydroxylation is 1. The molecular weight excluding hydrogens is 240 g/mol. The van der Waals surface area contributed by atoms with Crippen LogP contribution in [0.1, 0.15) is 11.4 Å². The summed E-state index contributed by atoms with van der Waals surface area (Å²) in [6.07, 6.45) is 1.66. The van der Waals surface area contributed by atoms with Crippen LogP contribution in [-0.2, 0) is 11.3 Å². The molecule has 0 saturated carbocycles. The van der Waals surface area contributed by atoms with Gasteiger partial charge in [-0.25, -0.2) is 9.97 Å². The van der Waals surface area contributed by atoms with E-state index in [4.69, 9.17) is 0 Å². The molecule has 5 nitrogen and oxygen atoms in total. The van der Waals surface area contributed by atoms with Crippen molar-refractivity contribution in [3.63, 3.8) is 0 Å². The van der Waals surface area contributed by atoms with E-state index in [0.29, 0.717) is 18.2 Å². The summed E-state index contributed by atoms with van der Waals surface area (Å²) < 4.78 is 0. The van der Waals surface area contributed by atoms with Crippen LogP contribution in [0.2, 0.25) is 0 Å². The van der Waals surface area contributed by atoms with E-state index in [1.54, 1.807) is 19.2 Å². The van der Waals surface area contributed by atoms with Crippen molar-refractivity contribution in [2.75, 3.05) is 11.9 Å². The Morgan fingerprint density at radius 3 is 2.74 bits per heavy atom. The molecule has 1 amide bonds. The Morgan fingerprint density at radius 1 is 1.21 bits per heavy atom. The zero-order chi connectivity index (χ0) is 13.5. The minimum absolute atomic E-state index is 0.0693. The van der Waals surface area contributed by atoms with Gasteiger partial charge < -0.3 is 10.6 Å². The number of carbonyl (C=O) groups is 1. The average Bonchev–Trinajstić information content (AvgIpc) is 2.44. The van der Waals surface area contributed by atoms with Crippen LogP contribution in [0.15, 0.2) is 42.6 Å². The number of nitrogens with one attached hydrogen (secondary N) is 2. The molecule has 1 heterocycles. The molecule has 0 radical (unpaired) electrons. The molecule has 0 unspecified atom stereocenters. The number of aromatic nitrogens is 2. The minimum atomic E-state index is -0.0693. The first kappa shape index (κ1) is 13.0. The number of amides is 1. The molecule has 5 heteroatoms. The summed E-state index contributed by atoms with van der Waals surface area (Å²) in [4.78, 5) is 19.8. The van der Waals surface area contributed by atoms with E-state index < -0.39 is 0 Å². The first-order chi connectivity index (χ1) is 9.24. The van der Waals surface area contributed by atoms with E-state index >= 15 is 0 Å². The highest BCUT2D eigenvalue weighted by molar-refractivity contribution is 5.80. The van der Waals surface area contributed by atoms with E-state index in [-0.39, 0.29) is 12.5 Å². The van der Waals surface area contributed by atoms with Crippen LogP contribution in [-0.4, -0.2) is 22.4 Å². The van der Waals surface area contributed by atoms with Crippen molar-refractivity contribution in [2.24, 2.45) is 0 Å². The summed E-state index contributed by atoms with van der Waals surface area (Å²) in [5.41, 5.74) is 1.08. The number of rotatable bonds is 5. The lowest BCUT2D eigenvalue weighted by Crippen LogP contribution is -2.29. The van der Waals surface area contributed by atoms with Crippen molar-refractivity contribution in [3.8, 4) is 0 Å². The van der Waals surface area contributed by atoms with Gasteiger partial charge in [-0.3, -0.25) is 4.79 Å². The molecule has 0 aliphatic rings. The van der Waals surface area contributed by atoms with Gasteiger partial charge in [0.1, 0.15) is 11.6 Å². The third-order valence-electron chi connectivity index (χ3n) is 2.54. The smallest absolute Gasteiger partial charge is 0.239 e. The standard InChI is InChI=1S/C14H16N4O/c1-11-15-8-7-13(18-11)16-10-14(19)17-9-12-5-3-2-4-6-12/h2-8H,9-10H2,1H3,(H,17,19)(H,15,16,18). The second-order valence-corrected chi connectivity index (χ2v) is 4.10. The normalized spacial score (nSPS) is 9.95. The maximum atomic E-state index is 11.7. The summed E-state index contributed by atoms with van der Waals surface area (Å²) in [6, 6.07) is 11.5. The van der Waals surface area contributed by atoms with Gasteiger partial charge in [-0.15, -0.1) is 0 Å². The number of benzene rings is 1. The fourth-order valence-corrected chi connectivity index (χ4v) is 1.58. The molecule has 2 N–H and O–H groups in total. The van der Waals surface area contributed by atoms with Crippen LogP contribution < -0.4 is 10.6 Å². The molecule has 2 aromatic rings. The predicted molar refractivity (Wildman–Crippen MR) is 73.5 cm³/mol. The van der Waals surface area contributed by atoms with Crippen molar-refractivity contribution in [3.05, 3.63) is 54.0 Å². The quantitative estimate of drug-likeness (QED) is 0.851. The van der Waals surface area contributed by atoms with Gasteiger partial charge >= 0.3 is 0 Å². The van der Waals surface area contributed by atoms with Gasteiger partial charge in [0.2, 0.25) is 5.91 Å². The maximum absolute atomic E-state index is 11.7.